The van der Waals surface area contributed by atoms with Gasteiger partial charge in [-0.2, -0.15) is 0 Å². The molecule has 3 rings (SSSR count). The second-order valence-electron chi connectivity index (χ2n) is 6.95. The van der Waals surface area contributed by atoms with Gasteiger partial charge in [-0.25, -0.2) is 4.79 Å². The molecule has 5 nitrogen and oxygen atoms in total. The predicted molar refractivity (Wildman–Crippen MR) is 127 cm³/mol. The first-order valence-electron chi connectivity index (χ1n) is 9.97. The van der Waals surface area contributed by atoms with Gasteiger partial charge >= 0.3 is 5.97 Å². The van der Waals surface area contributed by atoms with E-state index in [1.165, 1.54) is 7.11 Å². The lowest BCUT2D eigenvalue weighted by Gasteiger charge is -2.12. The zero-order chi connectivity index (χ0) is 22.9. The van der Waals surface area contributed by atoms with Crippen LogP contribution in [0.5, 0.6) is 11.5 Å². The van der Waals surface area contributed by atoms with Crippen LogP contribution in [0.2, 0.25) is 5.02 Å². The Morgan fingerprint density at radius 2 is 1.59 bits per heavy atom. The summed E-state index contributed by atoms with van der Waals surface area (Å²) in [5.41, 5.74) is 1.94. The maximum Gasteiger partial charge on any atom is 0.338 e. The number of carbonyl (C=O) groups is 2. The minimum atomic E-state index is -0.483. The molecule has 0 unspecified atom stereocenters. The molecule has 3 aromatic carbocycles. The molecule has 0 aliphatic rings. The average molecular weight is 518 g/mol. The number of benzene rings is 3. The molecule has 7 heteroatoms. The molecule has 0 aliphatic heterocycles. The minimum Gasteiger partial charge on any atom is -0.493 e. The lowest BCUT2D eigenvalue weighted by molar-refractivity contribution is 0.0493. The molecule has 0 amide bonds. The van der Waals surface area contributed by atoms with Gasteiger partial charge in [0.2, 0.25) is 0 Å². The molecule has 0 atom stereocenters. The molecule has 3 aromatic rings. The van der Waals surface area contributed by atoms with Crippen LogP contribution in [0, 0.1) is 0 Å². The lowest BCUT2D eigenvalue weighted by Crippen LogP contribution is -2.09. The number of rotatable bonds is 10. The summed E-state index contributed by atoms with van der Waals surface area (Å²) in [5, 5.41) is 0.659. The van der Waals surface area contributed by atoms with Crippen LogP contribution < -0.4 is 9.47 Å². The Bertz CT molecular complexity index is 1060. The van der Waals surface area contributed by atoms with Gasteiger partial charge in [0, 0.05) is 21.5 Å². The van der Waals surface area contributed by atoms with Gasteiger partial charge in [-0.3, -0.25) is 4.79 Å². The van der Waals surface area contributed by atoms with Crippen molar-refractivity contribution in [1.29, 1.82) is 0 Å². The molecule has 0 saturated heterocycles. The van der Waals surface area contributed by atoms with E-state index in [1.807, 2.05) is 24.3 Å². The second kappa shape index (κ2) is 11.7. The summed E-state index contributed by atoms with van der Waals surface area (Å²) < 4.78 is 17.4. The van der Waals surface area contributed by atoms with E-state index in [9.17, 15) is 9.59 Å². The summed E-state index contributed by atoms with van der Waals surface area (Å²) in [6.07, 6.45) is 0.746. The van der Waals surface area contributed by atoms with Crippen molar-refractivity contribution in [2.45, 2.75) is 19.4 Å². The summed E-state index contributed by atoms with van der Waals surface area (Å²) in [4.78, 5) is 24.5. The Balaban J connectivity index is 1.49. The minimum absolute atomic E-state index is 0.0115. The van der Waals surface area contributed by atoms with Crippen molar-refractivity contribution in [2.24, 2.45) is 0 Å². The Labute approximate surface area is 200 Å². The number of esters is 1. The van der Waals surface area contributed by atoms with Gasteiger partial charge in [0.05, 0.1) is 19.3 Å². The summed E-state index contributed by atoms with van der Waals surface area (Å²) in [5.74, 6) is 0.471. The van der Waals surface area contributed by atoms with Crippen molar-refractivity contribution < 1.29 is 23.8 Å². The molecule has 0 aromatic heterocycles. The van der Waals surface area contributed by atoms with E-state index >= 15 is 0 Å². The molecule has 166 valence electrons. The number of hydrogen-bond donors (Lipinski definition) is 0. The number of ketones is 1. The lowest BCUT2D eigenvalue weighted by atomic mass is 10.1. The average Bonchev–Trinajstić information content (AvgIpc) is 2.81. The van der Waals surface area contributed by atoms with Crippen LogP contribution >= 0.6 is 27.5 Å². The van der Waals surface area contributed by atoms with E-state index in [4.69, 9.17) is 25.8 Å². The second-order valence-corrected chi connectivity index (χ2v) is 8.30. The first kappa shape index (κ1) is 23.8. The standard InChI is InChI=1S/C25H22BrClO5/c1-30-24-15-19(8-13-23(24)32-16-17-4-11-21(27)12-5-17)25(29)31-14-2-3-22(28)18-6-9-20(26)10-7-18/h4-13,15H,2-3,14,16H2,1H3. The fraction of sp³-hybridized carbons (Fsp3) is 0.200. The van der Waals surface area contributed by atoms with Gasteiger partial charge in [-0.15, -0.1) is 0 Å². The Morgan fingerprint density at radius 3 is 2.28 bits per heavy atom. The third-order valence-corrected chi connectivity index (χ3v) is 5.44. The van der Waals surface area contributed by atoms with Crippen LogP contribution in [0.4, 0.5) is 0 Å². The molecule has 0 aliphatic carbocycles. The Kier molecular flexibility index (Phi) is 8.71. The molecule has 0 bridgehead atoms. The van der Waals surface area contributed by atoms with Crippen molar-refractivity contribution in [3.8, 4) is 11.5 Å². The molecule has 0 N–H and O–H groups in total. The van der Waals surface area contributed by atoms with E-state index in [2.05, 4.69) is 15.9 Å². The van der Waals surface area contributed by atoms with Crippen molar-refractivity contribution in [3.63, 3.8) is 0 Å². The van der Waals surface area contributed by atoms with Crippen LogP contribution in [0.15, 0.2) is 71.2 Å². The van der Waals surface area contributed by atoms with Gasteiger partial charge in [0.25, 0.3) is 0 Å². The van der Waals surface area contributed by atoms with Gasteiger partial charge in [0.15, 0.2) is 17.3 Å². The summed E-state index contributed by atoms with van der Waals surface area (Å²) in [6.45, 7) is 0.488. The first-order valence-corrected chi connectivity index (χ1v) is 11.1. The van der Waals surface area contributed by atoms with Crippen LogP contribution in [0.3, 0.4) is 0 Å². The SMILES string of the molecule is COc1cc(C(=O)OCCCC(=O)c2ccc(Br)cc2)ccc1OCc1ccc(Cl)cc1. The fourth-order valence-electron chi connectivity index (χ4n) is 2.92. The highest BCUT2D eigenvalue weighted by molar-refractivity contribution is 9.10. The molecule has 0 fully saturated rings. The van der Waals surface area contributed by atoms with Gasteiger partial charge in [-0.05, 0) is 54.4 Å². The zero-order valence-electron chi connectivity index (χ0n) is 17.5. The largest absolute Gasteiger partial charge is 0.493 e. The van der Waals surface area contributed by atoms with Gasteiger partial charge < -0.3 is 14.2 Å². The van der Waals surface area contributed by atoms with E-state index in [-0.39, 0.29) is 12.4 Å². The van der Waals surface area contributed by atoms with Crippen molar-refractivity contribution in [1.82, 2.24) is 0 Å². The number of halogens is 2. The van der Waals surface area contributed by atoms with E-state index in [0.29, 0.717) is 47.1 Å². The van der Waals surface area contributed by atoms with E-state index < -0.39 is 5.97 Å². The number of Topliss-reactive ketones (excluding diaryl/α,β-unsaturated/α-hetero) is 1. The Hall–Kier alpha value is -2.83. The third kappa shape index (κ3) is 6.84. The highest BCUT2D eigenvalue weighted by atomic mass is 79.9. The van der Waals surface area contributed by atoms with Gasteiger partial charge in [-0.1, -0.05) is 51.8 Å². The van der Waals surface area contributed by atoms with Crippen LogP contribution in [-0.4, -0.2) is 25.5 Å². The maximum atomic E-state index is 12.4. The number of carbonyl (C=O) groups excluding carboxylic acids is 2. The highest BCUT2D eigenvalue weighted by Gasteiger charge is 2.13. The van der Waals surface area contributed by atoms with Crippen molar-refractivity contribution >= 4 is 39.3 Å². The summed E-state index contributed by atoms with van der Waals surface area (Å²) in [6, 6.07) is 19.4. The number of ether oxygens (including phenoxy) is 3. The highest BCUT2D eigenvalue weighted by Crippen LogP contribution is 2.29. The topological polar surface area (TPSA) is 61.8 Å². The van der Waals surface area contributed by atoms with Crippen LogP contribution in [-0.2, 0) is 11.3 Å². The molecule has 0 heterocycles. The van der Waals surface area contributed by atoms with Crippen molar-refractivity contribution in [2.75, 3.05) is 13.7 Å². The number of hydrogen-bond acceptors (Lipinski definition) is 5. The van der Waals surface area contributed by atoms with Crippen LogP contribution in [0.1, 0.15) is 39.1 Å². The number of methoxy groups -OCH3 is 1. The van der Waals surface area contributed by atoms with Crippen molar-refractivity contribution in [3.05, 3.63) is 92.9 Å². The molecule has 0 saturated carbocycles. The molecule has 0 radical (unpaired) electrons. The molecule has 0 spiro atoms. The molecular formula is C25H22BrClO5. The summed E-state index contributed by atoms with van der Waals surface area (Å²) in [7, 11) is 1.51. The predicted octanol–water partition coefficient (Wildman–Crippen LogP) is 6.51. The monoisotopic (exact) mass is 516 g/mol. The first-order chi connectivity index (χ1) is 15.5. The third-order valence-electron chi connectivity index (χ3n) is 4.65. The van der Waals surface area contributed by atoms with Crippen LogP contribution in [0.25, 0.3) is 0 Å². The summed E-state index contributed by atoms with van der Waals surface area (Å²) >= 11 is 9.24. The fourth-order valence-corrected chi connectivity index (χ4v) is 3.31. The quantitative estimate of drug-likeness (QED) is 0.174. The van der Waals surface area contributed by atoms with Gasteiger partial charge in [0.1, 0.15) is 6.61 Å². The molecular weight excluding hydrogens is 496 g/mol. The maximum absolute atomic E-state index is 12.4. The molecule has 32 heavy (non-hydrogen) atoms. The van der Waals surface area contributed by atoms with E-state index in [0.717, 1.165) is 10.0 Å². The zero-order valence-corrected chi connectivity index (χ0v) is 19.8. The Morgan fingerprint density at radius 1 is 0.906 bits per heavy atom. The normalized spacial score (nSPS) is 10.5. The van der Waals surface area contributed by atoms with E-state index in [1.54, 1.807) is 42.5 Å². The smallest absolute Gasteiger partial charge is 0.338 e.